The van der Waals surface area contributed by atoms with Crippen molar-refractivity contribution in [2.75, 3.05) is 27.2 Å². The summed E-state index contributed by atoms with van der Waals surface area (Å²) in [4.78, 5) is 2.16. The van der Waals surface area contributed by atoms with Gasteiger partial charge in [-0.1, -0.05) is 30.7 Å². The maximum atomic E-state index is 13.4. The Hall–Kier alpha value is -0.640. The van der Waals surface area contributed by atoms with Gasteiger partial charge in [0.1, 0.15) is 5.82 Å². The molecule has 0 aliphatic heterocycles. The predicted octanol–water partition coefficient (Wildman–Crippen LogP) is 3.34. The zero-order chi connectivity index (χ0) is 14.3. The molecule has 19 heavy (non-hydrogen) atoms. The lowest BCUT2D eigenvalue weighted by Gasteiger charge is -2.21. The first-order chi connectivity index (χ1) is 9.04. The molecular weight excluding hydrogens is 263 g/mol. The molecule has 0 aromatic heterocycles. The van der Waals surface area contributed by atoms with Crippen molar-refractivity contribution in [3.05, 3.63) is 34.6 Å². The molecule has 0 aliphatic carbocycles. The first kappa shape index (κ1) is 16.4. The minimum Gasteiger partial charge on any atom is -0.314 e. The van der Waals surface area contributed by atoms with E-state index in [0.29, 0.717) is 6.04 Å². The van der Waals surface area contributed by atoms with Gasteiger partial charge in [-0.3, -0.25) is 0 Å². The molecule has 0 spiro atoms. The van der Waals surface area contributed by atoms with Crippen LogP contribution in [-0.4, -0.2) is 38.1 Å². The highest BCUT2D eigenvalue weighted by Gasteiger charge is 2.13. The van der Waals surface area contributed by atoms with Crippen LogP contribution in [0.1, 0.15) is 25.3 Å². The van der Waals surface area contributed by atoms with Crippen molar-refractivity contribution < 1.29 is 4.39 Å². The maximum absolute atomic E-state index is 13.4. The third-order valence-electron chi connectivity index (χ3n) is 3.11. The van der Waals surface area contributed by atoms with Crippen LogP contribution in [0.2, 0.25) is 5.02 Å². The second-order valence-electron chi connectivity index (χ2n) is 5.16. The van der Waals surface area contributed by atoms with E-state index in [2.05, 4.69) is 31.2 Å². The molecule has 0 bridgehead atoms. The molecule has 1 atom stereocenters. The van der Waals surface area contributed by atoms with Crippen LogP contribution in [0.5, 0.6) is 0 Å². The van der Waals surface area contributed by atoms with Gasteiger partial charge in [-0.05, 0) is 58.1 Å². The van der Waals surface area contributed by atoms with Gasteiger partial charge in [-0.25, -0.2) is 4.39 Å². The van der Waals surface area contributed by atoms with E-state index in [4.69, 9.17) is 11.6 Å². The quantitative estimate of drug-likeness (QED) is 0.788. The van der Waals surface area contributed by atoms with Gasteiger partial charge in [-0.15, -0.1) is 0 Å². The fourth-order valence-corrected chi connectivity index (χ4v) is 2.21. The Morgan fingerprint density at radius 1 is 1.37 bits per heavy atom. The number of rotatable bonds is 8. The third kappa shape index (κ3) is 5.89. The minimum absolute atomic E-state index is 0.260. The van der Waals surface area contributed by atoms with E-state index in [1.165, 1.54) is 6.07 Å². The summed E-state index contributed by atoms with van der Waals surface area (Å²) in [5, 5.41) is 3.77. The second kappa shape index (κ2) is 8.51. The Bertz CT molecular complexity index is 382. The van der Waals surface area contributed by atoms with Crippen LogP contribution in [0.25, 0.3) is 0 Å². The Morgan fingerprint density at radius 2 is 2.11 bits per heavy atom. The highest BCUT2D eigenvalue weighted by Crippen LogP contribution is 2.21. The predicted molar refractivity (Wildman–Crippen MR) is 80.4 cm³/mol. The van der Waals surface area contributed by atoms with E-state index >= 15 is 0 Å². The Kier molecular flexibility index (Phi) is 7.36. The monoisotopic (exact) mass is 286 g/mol. The Labute approximate surface area is 120 Å². The first-order valence-corrected chi connectivity index (χ1v) is 7.23. The lowest BCUT2D eigenvalue weighted by Crippen LogP contribution is -2.34. The van der Waals surface area contributed by atoms with E-state index in [1.807, 2.05) is 6.07 Å². The molecule has 1 aromatic carbocycles. The number of benzene rings is 1. The van der Waals surface area contributed by atoms with Gasteiger partial charge < -0.3 is 10.2 Å². The number of nitrogens with one attached hydrogen (secondary N) is 1. The van der Waals surface area contributed by atoms with Gasteiger partial charge in [0.15, 0.2) is 0 Å². The molecule has 0 radical (unpaired) electrons. The summed E-state index contributed by atoms with van der Waals surface area (Å²) < 4.78 is 13.4. The van der Waals surface area contributed by atoms with E-state index in [0.717, 1.165) is 37.9 Å². The van der Waals surface area contributed by atoms with Gasteiger partial charge in [0.05, 0.1) is 5.02 Å². The van der Waals surface area contributed by atoms with Crippen LogP contribution in [0.4, 0.5) is 4.39 Å². The molecule has 1 aromatic rings. The molecule has 1 unspecified atom stereocenters. The van der Waals surface area contributed by atoms with Crippen LogP contribution in [0.15, 0.2) is 18.2 Å². The first-order valence-electron chi connectivity index (χ1n) is 6.85. The maximum Gasteiger partial charge on any atom is 0.142 e. The largest absolute Gasteiger partial charge is 0.314 e. The summed E-state index contributed by atoms with van der Waals surface area (Å²) in [6, 6.07) is 5.36. The lowest BCUT2D eigenvalue weighted by molar-refractivity contribution is 0.356. The van der Waals surface area contributed by atoms with Crippen molar-refractivity contribution in [1.82, 2.24) is 10.2 Å². The molecule has 0 saturated heterocycles. The number of nitrogens with zero attached hydrogens (tertiary/aromatic N) is 1. The zero-order valence-corrected chi connectivity index (χ0v) is 12.8. The molecular formula is C15H24ClFN2. The molecule has 0 saturated carbocycles. The van der Waals surface area contributed by atoms with Crippen LogP contribution >= 0.6 is 11.6 Å². The highest BCUT2D eigenvalue weighted by molar-refractivity contribution is 6.31. The van der Waals surface area contributed by atoms with Crippen molar-refractivity contribution in [1.29, 1.82) is 0 Å². The minimum atomic E-state index is -0.332. The Morgan fingerprint density at radius 3 is 2.74 bits per heavy atom. The van der Waals surface area contributed by atoms with Crippen LogP contribution < -0.4 is 5.32 Å². The fraction of sp³-hybridized carbons (Fsp3) is 0.600. The topological polar surface area (TPSA) is 15.3 Å². The summed E-state index contributed by atoms with van der Waals surface area (Å²) in [6.07, 6.45) is 2.89. The summed E-state index contributed by atoms with van der Waals surface area (Å²) in [6.45, 7) is 4.13. The van der Waals surface area contributed by atoms with Gasteiger partial charge in [0.2, 0.25) is 0 Å². The molecule has 1 N–H and O–H groups in total. The van der Waals surface area contributed by atoms with Crippen molar-refractivity contribution in [2.24, 2.45) is 0 Å². The zero-order valence-electron chi connectivity index (χ0n) is 12.0. The van der Waals surface area contributed by atoms with Crippen molar-refractivity contribution in [3.63, 3.8) is 0 Å². The number of halogens is 2. The molecule has 2 nitrogen and oxygen atoms in total. The fourth-order valence-electron chi connectivity index (χ4n) is 2.01. The number of hydrogen-bond acceptors (Lipinski definition) is 2. The SMILES string of the molecule is CCCNC(CCN(C)C)Cc1cccc(F)c1Cl. The molecule has 0 fully saturated rings. The van der Waals surface area contributed by atoms with Crippen molar-refractivity contribution in [2.45, 2.75) is 32.2 Å². The lowest BCUT2D eigenvalue weighted by atomic mass is 10.0. The third-order valence-corrected chi connectivity index (χ3v) is 3.53. The molecule has 108 valence electrons. The Balaban J connectivity index is 2.66. The number of hydrogen-bond donors (Lipinski definition) is 1. The second-order valence-corrected chi connectivity index (χ2v) is 5.54. The van der Waals surface area contributed by atoms with E-state index < -0.39 is 0 Å². The summed E-state index contributed by atoms with van der Waals surface area (Å²) in [7, 11) is 4.12. The van der Waals surface area contributed by atoms with Gasteiger partial charge in [0.25, 0.3) is 0 Å². The van der Waals surface area contributed by atoms with Gasteiger partial charge >= 0.3 is 0 Å². The van der Waals surface area contributed by atoms with Crippen molar-refractivity contribution in [3.8, 4) is 0 Å². The average molecular weight is 287 g/mol. The highest BCUT2D eigenvalue weighted by atomic mass is 35.5. The molecule has 4 heteroatoms. The summed E-state index contributed by atoms with van der Waals surface area (Å²) in [5.41, 5.74) is 0.883. The molecule has 0 aliphatic rings. The smallest absolute Gasteiger partial charge is 0.142 e. The normalized spacial score (nSPS) is 12.9. The van der Waals surface area contributed by atoms with E-state index in [1.54, 1.807) is 6.07 Å². The van der Waals surface area contributed by atoms with Crippen LogP contribution in [0, 0.1) is 5.82 Å². The van der Waals surface area contributed by atoms with Gasteiger partial charge in [0, 0.05) is 6.04 Å². The standard InChI is InChI=1S/C15H24ClFN2/c1-4-9-18-13(8-10-19(2)3)11-12-6-5-7-14(17)15(12)16/h5-7,13,18H,4,8-11H2,1-3H3. The molecule has 0 amide bonds. The molecule has 1 rings (SSSR count). The van der Waals surface area contributed by atoms with E-state index in [9.17, 15) is 4.39 Å². The summed E-state index contributed by atoms with van der Waals surface area (Å²) in [5.74, 6) is -0.332. The van der Waals surface area contributed by atoms with E-state index in [-0.39, 0.29) is 10.8 Å². The van der Waals surface area contributed by atoms with Gasteiger partial charge in [-0.2, -0.15) is 0 Å². The summed E-state index contributed by atoms with van der Waals surface area (Å²) >= 11 is 6.02. The van der Waals surface area contributed by atoms with Crippen molar-refractivity contribution >= 4 is 11.6 Å². The van der Waals surface area contributed by atoms with Crippen LogP contribution in [-0.2, 0) is 6.42 Å². The van der Waals surface area contributed by atoms with Crippen LogP contribution in [0.3, 0.4) is 0 Å². The average Bonchev–Trinajstić information content (AvgIpc) is 2.37. The molecule has 0 heterocycles.